The third-order valence-corrected chi connectivity index (χ3v) is 1.85. The predicted molar refractivity (Wildman–Crippen MR) is 37.1 cm³/mol. The van der Waals surface area contributed by atoms with E-state index in [0.717, 1.165) is 31.0 Å². The second kappa shape index (κ2) is 2.01. The number of ether oxygens (including phenoxy) is 1. The zero-order valence-corrected chi connectivity index (χ0v) is 5.98. The van der Waals surface area contributed by atoms with Crippen molar-refractivity contribution in [3.05, 3.63) is 11.3 Å². The Morgan fingerprint density at radius 1 is 1.60 bits per heavy atom. The van der Waals surface area contributed by atoms with E-state index < -0.39 is 0 Å². The van der Waals surface area contributed by atoms with Crippen LogP contribution in [0.3, 0.4) is 0 Å². The van der Waals surface area contributed by atoms with Gasteiger partial charge in [-0.1, -0.05) is 0 Å². The summed E-state index contributed by atoms with van der Waals surface area (Å²) in [6.45, 7) is 2.85. The lowest BCUT2D eigenvalue weighted by Gasteiger charge is -2.10. The van der Waals surface area contributed by atoms with Crippen molar-refractivity contribution in [1.82, 2.24) is 10.2 Å². The number of fused-ring (bicyclic) bond motifs is 1. The quantitative estimate of drug-likeness (QED) is 0.581. The van der Waals surface area contributed by atoms with Gasteiger partial charge in [-0.05, 0) is 19.8 Å². The second-order valence-electron chi connectivity index (χ2n) is 2.58. The van der Waals surface area contributed by atoms with Gasteiger partial charge >= 0.3 is 0 Å². The molecule has 1 aliphatic heterocycles. The van der Waals surface area contributed by atoms with E-state index in [1.807, 2.05) is 6.92 Å². The number of nitrogens with one attached hydrogen (secondary N) is 1. The molecular formula is C7H10N2O. The van der Waals surface area contributed by atoms with Crippen LogP contribution < -0.4 is 4.74 Å². The molecule has 0 amide bonds. The molecule has 2 heterocycles. The summed E-state index contributed by atoms with van der Waals surface area (Å²) < 4.78 is 5.30. The highest BCUT2D eigenvalue weighted by molar-refractivity contribution is 5.30. The maximum atomic E-state index is 5.30. The molecule has 1 aromatic heterocycles. The van der Waals surface area contributed by atoms with Crippen LogP contribution in [0.1, 0.15) is 17.7 Å². The van der Waals surface area contributed by atoms with Crippen LogP contribution in [0.4, 0.5) is 0 Å². The number of hydrogen-bond acceptors (Lipinski definition) is 2. The van der Waals surface area contributed by atoms with E-state index >= 15 is 0 Å². The van der Waals surface area contributed by atoms with E-state index in [1.165, 1.54) is 5.56 Å². The fourth-order valence-corrected chi connectivity index (χ4v) is 1.26. The lowest BCUT2D eigenvalue weighted by atomic mass is 10.1. The summed E-state index contributed by atoms with van der Waals surface area (Å²) in [5, 5.41) is 6.91. The normalized spacial score (nSPS) is 16.1. The molecule has 0 aromatic carbocycles. The van der Waals surface area contributed by atoms with Crippen LogP contribution in [0.2, 0.25) is 0 Å². The molecule has 0 radical (unpaired) electrons. The van der Waals surface area contributed by atoms with Gasteiger partial charge < -0.3 is 4.74 Å². The first-order valence-electron chi connectivity index (χ1n) is 3.54. The molecule has 3 nitrogen and oxygen atoms in total. The largest absolute Gasteiger partial charge is 0.476 e. The van der Waals surface area contributed by atoms with E-state index in [1.54, 1.807) is 0 Å². The summed E-state index contributed by atoms with van der Waals surface area (Å²) >= 11 is 0. The van der Waals surface area contributed by atoms with Gasteiger partial charge in [-0.25, -0.2) is 0 Å². The fourth-order valence-electron chi connectivity index (χ4n) is 1.26. The van der Waals surface area contributed by atoms with Crippen LogP contribution in [0.25, 0.3) is 0 Å². The third kappa shape index (κ3) is 0.701. The van der Waals surface area contributed by atoms with Gasteiger partial charge in [0.2, 0.25) is 5.88 Å². The second-order valence-corrected chi connectivity index (χ2v) is 2.58. The van der Waals surface area contributed by atoms with Gasteiger partial charge in [-0.15, -0.1) is 5.10 Å². The molecule has 0 saturated heterocycles. The molecule has 1 aromatic rings. The van der Waals surface area contributed by atoms with Crippen LogP contribution in [0.5, 0.6) is 5.88 Å². The molecule has 0 aliphatic carbocycles. The first-order valence-corrected chi connectivity index (χ1v) is 3.54. The predicted octanol–water partition coefficient (Wildman–Crippen LogP) is 1.04. The zero-order chi connectivity index (χ0) is 6.97. The van der Waals surface area contributed by atoms with Crippen molar-refractivity contribution in [3.63, 3.8) is 0 Å². The van der Waals surface area contributed by atoms with E-state index in [4.69, 9.17) is 4.74 Å². The van der Waals surface area contributed by atoms with Gasteiger partial charge in [0.05, 0.1) is 6.61 Å². The first kappa shape index (κ1) is 5.77. The summed E-state index contributed by atoms with van der Waals surface area (Å²) in [5.74, 6) is 0.809. The molecule has 0 atom stereocenters. The molecule has 0 saturated carbocycles. The average Bonchev–Trinajstić information content (AvgIpc) is 2.34. The Morgan fingerprint density at radius 2 is 2.50 bits per heavy atom. The monoisotopic (exact) mass is 138 g/mol. The molecule has 0 unspecified atom stereocenters. The standard InChI is InChI=1S/C7H10N2O/c1-5-6-3-2-4-10-7(6)9-8-5/h2-4H2,1H3,(H,8,9). The van der Waals surface area contributed by atoms with Crippen LogP contribution >= 0.6 is 0 Å². The van der Waals surface area contributed by atoms with Crippen molar-refractivity contribution >= 4 is 0 Å². The van der Waals surface area contributed by atoms with Crippen molar-refractivity contribution in [2.24, 2.45) is 0 Å². The van der Waals surface area contributed by atoms with Gasteiger partial charge in [0.25, 0.3) is 0 Å². The summed E-state index contributed by atoms with van der Waals surface area (Å²) in [4.78, 5) is 0. The molecule has 1 N–H and O–H groups in total. The Labute approximate surface area is 59.4 Å². The van der Waals surface area contributed by atoms with E-state index in [0.29, 0.717) is 0 Å². The van der Waals surface area contributed by atoms with Crippen molar-refractivity contribution in [2.75, 3.05) is 6.61 Å². The molecular weight excluding hydrogens is 128 g/mol. The summed E-state index contributed by atoms with van der Waals surface area (Å²) in [6, 6.07) is 0. The smallest absolute Gasteiger partial charge is 0.236 e. The first-order chi connectivity index (χ1) is 4.88. The Bertz CT molecular complexity index is 242. The van der Waals surface area contributed by atoms with Crippen LogP contribution in [0.15, 0.2) is 0 Å². The average molecular weight is 138 g/mol. The number of aromatic amines is 1. The van der Waals surface area contributed by atoms with E-state index in [-0.39, 0.29) is 0 Å². The maximum Gasteiger partial charge on any atom is 0.236 e. The highest BCUT2D eigenvalue weighted by atomic mass is 16.5. The highest BCUT2D eigenvalue weighted by Gasteiger charge is 2.14. The number of H-pyrrole nitrogens is 1. The molecule has 0 spiro atoms. The fraction of sp³-hybridized carbons (Fsp3) is 0.571. The minimum Gasteiger partial charge on any atom is -0.476 e. The number of rotatable bonds is 0. The number of hydrogen-bond donors (Lipinski definition) is 1. The van der Waals surface area contributed by atoms with Gasteiger partial charge in [0.15, 0.2) is 0 Å². The van der Waals surface area contributed by atoms with Gasteiger partial charge in [0, 0.05) is 11.3 Å². The summed E-state index contributed by atoms with van der Waals surface area (Å²) in [7, 11) is 0. The molecule has 0 fully saturated rings. The Hall–Kier alpha value is -0.990. The molecule has 54 valence electrons. The topological polar surface area (TPSA) is 37.9 Å². The van der Waals surface area contributed by atoms with Crippen molar-refractivity contribution in [1.29, 1.82) is 0 Å². The SMILES string of the molecule is Cc1[nH]nc2c1CCCO2. The molecule has 3 heteroatoms. The zero-order valence-electron chi connectivity index (χ0n) is 5.98. The lowest BCUT2D eigenvalue weighted by Crippen LogP contribution is -2.07. The maximum absolute atomic E-state index is 5.30. The summed E-state index contributed by atoms with van der Waals surface area (Å²) in [6.07, 6.45) is 2.23. The Balaban J connectivity index is 2.45. The van der Waals surface area contributed by atoms with E-state index in [9.17, 15) is 0 Å². The number of aryl methyl sites for hydroxylation is 1. The van der Waals surface area contributed by atoms with Crippen molar-refractivity contribution < 1.29 is 4.74 Å². The minimum absolute atomic E-state index is 0.809. The minimum atomic E-state index is 0.809. The van der Waals surface area contributed by atoms with Gasteiger partial charge in [0.1, 0.15) is 0 Å². The molecule has 0 bridgehead atoms. The van der Waals surface area contributed by atoms with Gasteiger partial charge in [-0.2, -0.15) is 0 Å². The molecule has 1 aliphatic rings. The van der Waals surface area contributed by atoms with Crippen LogP contribution in [-0.2, 0) is 6.42 Å². The van der Waals surface area contributed by atoms with Crippen LogP contribution in [-0.4, -0.2) is 16.8 Å². The number of aromatic nitrogens is 2. The summed E-state index contributed by atoms with van der Waals surface area (Å²) in [5.41, 5.74) is 2.40. The van der Waals surface area contributed by atoms with Crippen molar-refractivity contribution in [3.8, 4) is 5.88 Å². The molecule has 2 rings (SSSR count). The lowest BCUT2D eigenvalue weighted by molar-refractivity contribution is 0.277. The Morgan fingerprint density at radius 3 is 3.30 bits per heavy atom. The number of nitrogens with zero attached hydrogens (tertiary/aromatic N) is 1. The van der Waals surface area contributed by atoms with Crippen LogP contribution in [0, 0.1) is 6.92 Å². The highest BCUT2D eigenvalue weighted by Crippen LogP contribution is 2.23. The van der Waals surface area contributed by atoms with Gasteiger partial charge in [-0.3, -0.25) is 5.10 Å². The molecule has 10 heavy (non-hydrogen) atoms. The van der Waals surface area contributed by atoms with E-state index in [2.05, 4.69) is 10.2 Å². The Kier molecular flexibility index (Phi) is 1.16. The van der Waals surface area contributed by atoms with Crippen molar-refractivity contribution in [2.45, 2.75) is 19.8 Å². The third-order valence-electron chi connectivity index (χ3n) is 1.85.